The van der Waals surface area contributed by atoms with Crippen molar-refractivity contribution >= 4 is 0 Å². The number of rotatable bonds is 6. The molecule has 0 amide bonds. The molecule has 0 aliphatic carbocycles. The first kappa shape index (κ1) is 15.7. The minimum Gasteiger partial charge on any atom is -0.375 e. The molecule has 0 aliphatic rings. The van der Waals surface area contributed by atoms with Crippen molar-refractivity contribution in [1.29, 1.82) is 0 Å². The van der Waals surface area contributed by atoms with Gasteiger partial charge in [-0.3, -0.25) is 11.3 Å². The third-order valence-electron chi connectivity index (χ3n) is 4.03. The molecule has 3 heteroatoms. The summed E-state index contributed by atoms with van der Waals surface area (Å²) >= 11 is 0. The summed E-state index contributed by atoms with van der Waals surface area (Å²) in [5.74, 6) is 5.80. The number of hydrazine groups is 1. The van der Waals surface area contributed by atoms with Gasteiger partial charge >= 0.3 is 0 Å². The Balaban J connectivity index is 2.26. The van der Waals surface area contributed by atoms with E-state index in [-0.39, 0.29) is 12.1 Å². The average Bonchev–Trinajstić information content (AvgIpc) is 2.51. The Kier molecular flexibility index (Phi) is 5.51. The third kappa shape index (κ3) is 3.70. The van der Waals surface area contributed by atoms with Gasteiger partial charge in [0.25, 0.3) is 0 Å². The van der Waals surface area contributed by atoms with Crippen molar-refractivity contribution in [1.82, 2.24) is 5.43 Å². The lowest BCUT2D eigenvalue weighted by Crippen LogP contribution is -2.42. The van der Waals surface area contributed by atoms with Crippen LogP contribution in [0, 0.1) is 13.8 Å². The molecular weight excluding hydrogens is 260 g/mol. The smallest absolute Gasteiger partial charge is 0.0990 e. The van der Waals surface area contributed by atoms with Crippen molar-refractivity contribution in [3.63, 3.8) is 0 Å². The van der Waals surface area contributed by atoms with Crippen molar-refractivity contribution < 1.29 is 4.74 Å². The molecule has 0 saturated heterocycles. The zero-order valence-corrected chi connectivity index (χ0v) is 13.0. The summed E-state index contributed by atoms with van der Waals surface area (Å²) in [7, 11) is 1.73. The van der Waals surface area contributed by atoms with Crippen LogP contribution in [-0.4, -0.2) is 13.2 Å². The maximum atomic E-state index is 5.80. The Morgan fingerprint density at radius 1 is 1.00 bits per heavy atom. The lowest BCUT2D eigenvalue weighted by Gasteiger charge is -2.27. The van der Waals surface area contributed by atoms with E-state index in [1.54, 1.807) is 7.11 Å². The third-order valence-corrected chi connectivity index (χ3v) is 4.03. The van der Waals surface area contributed by atoms with Crippen LogP contribution < -0.4 is 11.3 Å². The Morgan fingerprint density at radius 3 is 2.14 bits per heavy atom. The van der Waals surface area contributed by atoms with Gasteiger partial charge in [0.2, 0.25) is 0 Å². The highest BCUT2D eigenvalue weighted by Gasteiger charge is 2.23. The first-order valence-electron chi connectivity index (χ1n) is 7.26. The molecule has 2 aromatic rings. The van der Waals surface area contributed by atoms with E-state index in [9.17, 15) is 0 Å². The molecule has 0 aromatic heterocycles. The van der Waals surface area contributed by atoms with Gasteiger partial charge in [0.1, 0.15) is 0 Å². The van der Waals surface area contributed by atoms with E-state index in [1.807, 2.05) is 18.2 Å². The first-order valence-corrected chi connectivity index (χ1v) is 7.26. The summed E-state index contributed by atoms with van der Waals surface area (Å²) in [6, 6.07) is 16.6. The monoisotopic (exact) mass is 284 g/mol. The SMILES string of the molecule is COC(c1ccccc1)C(Cc1c(C)cccc1C)NN. The van der Waals surface area contributed by atoms with Gasteiger partial charge in [-0.25, -0.2) is 0 Å². The van der Waals surface area contributed by atoms with E-state index >= 15 is 0 Å². The Morgan fingerprint density at radius 2 is 1.62 bits per heavy atom. The molecule has 2 unspecified atom stereocenters. The number of nitrogens with two attached hydrogens (primary N) is 1. The van der Waals surface area contributed by atoms with Crippen molar-refractivity contribution in [2.75, 3.05) is 7.11 Å². The summed E-state index contributed by atoms with van der Waals surface area (Å²) in [6.45, 7) is 4.28. The fourth-order valence-electron chi connectivity index (χ4n) is 2.82. The van der Waals surface area contributed by atoms with Gasteiger partial charge < -0.3 is 4.74 Å². The molecule has 0 heterocycles. The molecule has 3 nitrogen and oxygen atoms in total. The van der Waals surface area contributed by atoms with Crippen LogP contribution in [0.5, 0.6) is 0 Å². The number of benzene rings is 2. The van der Waals surface area contributed by atoms with Crippen LogP contribution in [0.1, 0.15) is 28.4 Å². The Bertz CT molecular complexity index is 548. The number of ether oxygens (including phenoxy) is 1. The molecule has 21 heavy (non-hydrogen) atoms. The lowest BCUT2D eigenvalue weighted by molar-refractivity contribution is 0.0678. The molecule has 3 N–H and O–H groups in total. The van der Waals surface area contributed by atoms with E-state index in [0.717, 1.165) is 12.0 Å². The minimum absolute atomic E-state index is 0.0252. The predicted octanol–water partition coefficient (Wildman–Crippen LogP) is 3.07. The molecule has 2 aromatic carbocycles. The molecule has 0 aliphatic heterocycles. The number of nitrogens with one attached hydrogen (secondary N) is 1. The number of hydrogen-bond donors (Lipinski definition) is 2. The zero-order valence-electron chi connectivity index (χ0n) is 13.0. The second-order valence-electron chi connectivity index (χ2n) is 5.41. The molecule has 0 bridgehead atoms. The van der Waals surface area contributed by atoms with Crippen LogP contribution in [-0.2, 0) is 11.2 Å². The summed E-state index contributed by atoms with van der Waals surface area (Å²) < 4.78 is 5.70. The Hall–Kier alpha value is -1.68. The standard InChI is InChI=1S/C18H24N2O/c1-13-8-7-9-14(2)16(13)12-17(20-19)18(21-3)15-10-5-4-6-11-15/h4-11,17-18,20H,12,19H2,1-3H3. The number of hydrogen-bond acceptors (Lipinski definition) is 3. The fourth-order valence-corrected chi connectivity index (χ4v) is 2.82. The summed E-state index contributed by atoms with van der Waals surface area (Å²) in [5.41, 5.74) is 7.97. The molecule has 112 valence electrons. The Labute approximate surface area is 127 Å². The average molecular weight is 284 g/mol. The van der Waals surface area contributed by atoms with Crippen molar-refractivity contribution in [2.24, 2.45) is 5.84 Å². The van der Waals surface area contributed by atoms with Gasteiger partial charge in [-0.05, 0) is 42.5 Å². The highest BCUT2D eigenvalue weighted by molar-refractivity contribution is 5.34. The summed E-state index contributed by atoms with van der Waals surface area (Å²) in [4.78, 5) is 0. The molecular formula is C18H24N2O. The van der Waals surface area contributed by atoms with E-state index in [4.69, 9.17) is 10.6 Å². The minimum atomic E-state index is -0.0739. The molecule has 0 spiro atoms. The largest absolute Gasteiger partial charge is 0.375 e. The normalized spacial score (nSPS) is 13.9. The second kappa shape index (κ2) is 7.36. The van der Waals surface area contributed by atoms with Gasteiger partial charge in [-0.1, -0.05) is 48.5 Å². The second-order valence-corrected chi connectivity index (χ2v) is 5.41. The quantitative estimate of drug-likeness (QED) is 0.633. The maximum absolute atomic E-state index is 5.80. The molecule has 0 radical (unpaired) electrons. The van der Waals surface area contributed by atoms with Crippen molar-refractivity contribution in [3.8, 4) is 0 Å². The van der Waals surface area contributed by atoms with Crippen LogP contribution in [0.3, 0.4) is 0 Å². The number of methoxy groups -OCH3 is 1. The molecule has 0 saturated carbocycles. The highest BCUT2D eigenvalue weighted by Crippen LogP contribution is 2.25. The molecule has 2 atom stereocenters. The first-order chi connectivity index (χ1) is 10.2. The maximum Gasteiger partial charge on any atom is 0.0990 e. The summed E-state index contributed by atoms with van der Waals surface area (Å²) in [5, 5.41) is 0. The fraction of sp³-hybridized carbons (Fsp3) is 0.333. The lowest BCUT2D eigenvalue weighted by atomic mass is 9.92. The predicted molar refractivity (Wildman–Crippen MR) is 86.9 cm³/mol. The van der Waals surface area contributed by atoms with E-state index in [2.05, 4.69) is 49.6 Å². The highest BCUT2D eigenvalue weighted by atomic mass is 16.5. The van der Waals surface area contributed by atoms with Gasteiger partial charge in [0.05, 0.1) is 12.1 Å². The topological polar surface area (TPSA) is 47.3 Å². The van der Waals surface area contributed by atoms with Gasteiger partial charge in [-0.2, -0.15) is 0 Å². The van der Waals surface area contributed by atoms with E-state index < -0.39 is 0 Å². The van der Waals surface area contributed by atoms with E-state index in [1.165, 1.54) is 16.7 Å². The van der Waals surface area contributed by atoms with Crippen LogP contribution in [0.2, 0.25) is 0 Å². The van der Waals surface area contributed by atoms with Crippen molar-refractivity contribution in [3.05, 3.63) is 70.8 Å². The van der Waals surface area contributed by atoms with Gasteiger partial charge in [0.15, 0.2) is 0 Å². The van der Waals surface area contributed by atoms with Crippen LogP contribution in [0.15, 0.2) is 48.5 Å². The van der Waals surface area contributed by atoms with Gasteiger partial charge in [0, 0.05) is 7.11 Å². The van der Waals surface area contributed by atoms with Crippen molar-refractivity contribution in [2.45, 2.75) is 32.4 Å². The van der Waals surface area contributed by atoms with Gasteiger partial charge in [-0.15, -0.1) is 0 Å². The number of aryl methyl sites for hydroxylation is 2. The van der Waals surface area contributed by atoms with Crippen LogP contribution >= 0.6 is 0 Å². The molecule has 2 rings (SSSR count). The van der Waals surface area contributed by atoms with E-state index in [0.29, 0.717) is 0 Å². The zero-order chi connectivity index (χ0) is 15.2. The van der Waals surface area contributed by atoms with Crippen LogP contribution in [0.25, 0.3) is 0 Å². The molecule has 0 fully saturated rings. The van der Waals surface area contributed by atoms with Crippen LogP contribution in [0.4, 0.5) is 0 Å². The summed E-state index contributed by atoms with van der Waals surface area (Å²) in [6.07, 6.45) is 0.762.